The number of fused-ring (bicyclic) bond motifs is 11. The number of methoxy groups -OCH3 is 3. The minimum absolute atomic E-state index is 0.166. The van der Waals surface area contributed by atoms with Crippen molar-refractivity contribution in [2.24, 2.45) is 5.92 Å². The Labute approximate surface area is 408 Å². The quantitative estimate of drug-likeness (QED) is 0.0976. The Kier molecular flexibility index (Phi) is 12.8. The van der Waals surface area contributed by atoms with Crippen LogP contribution in [0.2, 0.25) is 0 Å². The molecule has 3 aromatic carbocycles. The van der Waals surface area contributed by atoms with Crippen molar-refractivity contribution in [3.05, 3.63) is 165 Å². The molecular formula is C59H58N4O7. The smallest absolute Gasteiger partial charge is 0.338 e. The highest BCUT2D eigenvalue weighted by atomic mass is 16.5. The molecule has 8 bridgehead atoms. The van der Waals surface area contributed by atoms with Crippen molar-refractivity contribution in [3.63, 3.8) is 0 Å². The summed E-state index contributed by atoms with van der Waals surface area (Å²) in [5.74, 6) is -2.02. The number of esters is 3. The molecule has 4 aliphatic rings. The van der Waals surface area contributed by atoms with E-state index in [4.69, 9.17) is 28.9 Å². The van der Waals surface area contributed by atoms with E-state index in [9.17, 15) is 14.4 Å². The Morgan fingerprint density at radius 3 is 1.90 bits per heavy atom. The molecule has 0 fully saturated rings. The fourth-order valence-corrected chi connectivity index (χ4v) is 10.7. The van der Waals surface area contributed by atoms with E-state index in [0.29, 0.717) is 35.5 Å². The van der Waals surface area contributed by atoms with E-state index in [1.165, 1.54) is 14.2 Å². The van der Waals surface area contributed by atoms with Gasteiger partial charge in [0.05, 0.1) is 71.9 Å². The first kappa shape index (κ1) is 47.3. The Morgan fingerprint density at radius 1 is 0.686 bits per heavy atom. The van der Waals surface area contributed by atoms with Gasteiger partial charge in [-0.25, -0.2) is 19.6 Å². The molecule has 3 aliphatic heterocycles. The number of hydrogen-bond donors (Lipinski definition) is 2. The standard InChI is InChI=1S/C59H58N4O7/c1-11-40-32(4)45-29-46-33(5)41(12-2)54(61-46)50(37-23-25-39(67-8)26-24-37)55-44-28-27-43(57(65)68-9)51(58(66)69-10)59(44,7)48(63-55)30-47-34(6)42(13-3)53(62-47)49(52(40)60-45)36-19-21-38(22-20-36)56(64)70-31-35-17-15-14-16-18-35/h14-30,51,60,63H,11-13,31H2,1-10H3/t51-,59+/m0/s1. The molecule has 70 heavy (non-hydrogen) atoms. The Hall–Kier alpha value is -7.79. The Balaban J connectivity index is 1.42. The molecule has 2 aromatic heterocycles. The number of carbonyl (C=O) groups excluding carboxylic acids is 3. The first-order valence-electron chi connectivity index (χ1n) is 23.9. The van der Waals surface area contributed by atoms with Gasteiger partial charge in [-0.05, 0) is 139 Å². The lowest BCUT2D eigenvalue weighted by atomic mass is 9.63. The second-order valence-corrected chi connectivity index (χ2v) is 18.1. The molecule has 5 aromatic rings. The van der Waals surface area contributed by atoms with Crippen LogP contribution in [0.4, 0.5) is 0 Å². The number of aryl methyl sites for hydroxylation is 2. The van der Waals surface area contributed by atoms with Crippen molar-refractivity contribution >= 4 is 56.8 Å². The lowest BCUT2D eigenvalue weighted by Gasteiger charge is -2.37. The third kappa shape index (κ3) is 7.83. The van der Waals surface area contributed by atoms with Crippen LogP contribution in [-0.2, 0) is 42.2 Å². The van der Waals surface area contributed by atoms with Crippen LogP contribution < -0.4 is 4.74 Å². The monoisotopic (exact) mass is 934 g/mol. The zero-order valence-corrected chi connectivity index (χ0v) is 41.5. The predicted octanol–water partition coefficient (Wildman–Crippen LogP) is 12.5. The Bertz CT molecular complexity index is 3310. The van der Waals surface area contributed by atoms with E-state index in [1.807, 2.05) is 97.9 Å². The number of aromatic nitrogens is 4. The van der Waals surface area contributed by atoms with Crippen LogP contribution in [0.1, 0.15) is 116 Å². The van der Waals surface area contributed by atoms with Gasteiger partial charge in [0.1, 0.15) is 18.3 Å². The van der Waals surface area contributed by atoms with Gasteiger partial charge >= 0.3 is 17.9 Å². The van der Waals surface area contributed by atoms with Crippen molar-refractivity contribution in [2.75, 3.05) is 21.3 Å². The third-order valence-electron chi connectivity index (χ3n) is 14.5. The van der Waals surface area contributed by atoms with Gasteiger partial charge in [-0.2, -0.15) is 0 Å². The highest BCUT2D eigenvalue weighted by molar-refractivity contribution is 6.06. The summed E-state index contributed by atoms with van der Waals surface area (Å²) in [4.78, 5) is 60.3. The van der Waals surface area contributed by atoms with Crippen LogP contribution in [0.5, 0.6) is 5.75 Å². The summed E-state index contributed by atoms with van der Waals surface area (Å²) in [6.45, 7) is 14.9. The van der Waals surface area contributed by atoms with Gasteiger partial charge in [-0.15, -0.1) is 0 Å². The topological polar surface area (TPSA) is 145 Å². The molecule has 0 radical (unpaired) electrons. The normalized spacial score (nSPS) is 16.8. The maximum absolute atomic E-state index is 14.3. The van der Waals surface area contributed by atoms with Crippen LogP contribution in [0.25, 0.3) is 61.2 Å². The van der Waals surface area contributed by atoms with Gasteiger partial charge in [-0.3, -0.25) is 4.79 Å². The number of aromatic amines is 2. The number of carbonyl (C=O) groups is 3. The number of H-pyrrole nitrogens is 2. The second-order valence-electron chi connectivity index (χ2n) is 18.1. The fraction of sp³-hybridized carbons (Fsp3) is 0.271. The van der Waals surface area contributed by atoms with E-state index in [0.717, 1.165) is 107 Å². The molecule has 1 aliphatic carbocycles. The van der Waals surface area contributed by atoms with Gasteiger partial charge in [0.25, 0.3) is 0 Å². The summed E-state index contributed by atoms with van der Waals surface area (Å²) in [6.07, 6.45) is 5.67. The van der Waals surface area contributed by atoms with Crippen LogP contribution in [0.3, 0.4) is 0 Å². The van der Waals surface area contributed by atoms with E-state index in [-0.39, 0.29) is 12.2 Å². The van der Waals surface area contributed by atoms with Gasteiger partial charge < -0.3 is 28.9 Å². The van der Waals surface area contributed by atoms with Gasteiger partial charge in [0, 0.05) is 22.3 Å². The molecule has 2 atom stereocenters. The predicted molar refractivity (Wildman–Crippen MR) is 276 cm³/mol. The maximum Gasteiger partial charge on any atom is 0.338 e. The molecule has 11 heteroatoms. The van der Waals surface area contributed by atoms with Crippen LogP contribution in [-0.4, -0.2) is 59.2 Å². The van der Waals surface area contributed by atoms with E-state index in [2.05, 4.69) is 57.6 Å². The number of allylic oxidation sites excluding steroid dienone is 7. The molecule has 11 nitrogen and oxygen atoms in total. The van der Waals surface area contributed by atoms with Crippen LogP contribution >= 0.6 is 0 Å². The van der Waals surface area contributed by atoms with E-state index in [1.54, 1.807) is 13.2 Å². The molecule has 0 saturated carbocycles. The molecule has 9 rings (SSSR count). The zero-order chi connectivity index (χ0) is 49.6. The number of nitrogens with one attached hydrogen (secondary N) is 2. The van der Waals surface area contributed by atoms with Crippen molar-refractivity contribution in [2.45, 2.75) is 79.8 Å². The molecule has 0 spiro atoms. The molecule has 0 saturated heterocycles. The number of ether oxygens (including phenoxy) is 4. The average molecular weight is 935 g/mol. The maximum atomic E-state index is 14.3. The number of rotatable bonds is 11. The number of nitrogens with zero attached hydrogens (tertiary/aromatic N) is 2. The summed E-state index contributed by atoms with van der Waals surface area (Å²) < 4.78 is 22.2. The molecule has 356 valence electrons. The van der Waals surface area contributed by atoms with Gasteiger partial charge in [-0.1, -0.05) is 87.5 Å². The van der Waals surface area contributed by atoms with E-state index < -0.39 is 29.2 Å². The fourth-order valence-electron chi connectivity index (χ4n) is 10.7. The lowest BCUT2D eigenvalue weighted by Crippen LogP contribution is -2.42. The van der Waals surface area contributed by atoms with Crippen molar-refractivity contribution in [1.29, 1.82) is 0 Å². The van der Waals surface area contributed by atoms with Crippen molar-refractivity contribution in [3.8, 4) is 28.0 Å². The third-order valence-corrected chi connectivity index (χ3v) is 14.5. The van der Waals surface area contributed by atoms with Crippen molar-refractivity contribution in [1.82, 2.24) is 19.9 Å². The lowest BCUT2D eigenvalue weighted by molar-refractivity contribution is -0.149. The SMILES string of the molecule is CCC1=C(C)c2cc3[nH]c(c(CC)c3C)c(-c3ccc(C(=O)OCc4ccccc4)cc3)c3nc(cc4[nH]c(c(-c5ccc(OC)cc5)c1n2)C1=CC=C(C(=O)OC)[C@@H](C(=O)OC)[C@]14C)C(C)=C3CC. The second kappa shape index (κ2) is 19.0. The minimum atomic E-state index is -1.19. The van der Waals surface area contributed by atoms with E-state index >= 15 is 0 Å². The first-order chi connectivity index (χ1) is 33.8. The summed E-state index contributed by atoms with van der Waals surface area (Å²) in [5, 5.41) is 0. The summed E-state index contributed by atoms with van der Waals surface area (Å²) in [5.41, 5.74) is 17.2. The minimum Gasteiger partial charge on any atom is -0.497 e. The molecule has 2 N–H and O–H groups in total. The molecular weight excluding hydrogens is 877 g/mol. The largest absolute Gasteiger partial charge is 0.497 e. The Morgan fingerprint density at radius 2 is 1.30 bits per heavy atom. The number of hydrogen-bond acceptors (Lipinski definition) is 9. The molecule has 0 amide bonds. The highest BCUT2D eigenvalue weighted by Crippen LogP contribution is 2.55. The van der Waals surface area contributed by atoms with Crippen molar-refractivity contribution < 1.29 is 33.3 Å². The highest BCUT2D eigenvalue weighted by Gasteiger charge is 2.54. The zero-order valence-electron chi connectivity index (χ0n) is 41.5. The van der Waals surface area contributed by atoms with Gasteiger partial charge in [0.15, 0.2) is 0 Å². The number of benzene rings is 3. The average Bonchev–Trinajstić information content (AvgIpc) is 4.07. The molecule has 0 unspecified atom stereocenters. The molecule has 5 heterocycles. The summed E-state index contributed by atoms with van der Waals surface area (Å²) >= 11 is 0. The summed E-state index contributed by atoms with van der Waals surface area (Å²) in [7, 11) is 4.30. The first-order valence-corrected chi connectivity index (χ1v) is 23.9. The van der Waals surface area contributed by atoms with Crippen LogP contribution in [0, 0.1) is 12.8 Å². The van der Waals surface area contributed by atoms with Crippen LogP contribution in [0.15, 0.2) is 109 Å². The summed E-state index contributed by atoms with van der Waals surface area (Å²) in [6, 6.07) is 29.3. The van der Waals surface area contributed by atoms with Gasteiger partial charge in [0.2, 0.25) is 0 Å².